The van der Waals surface area contributed by atoms with Crippen LogP contribution in [0.1, 0.15) is 0 Å². The monoisotopic (exact) mass is 726 g/mol. The third-order valence-corrected chi connectivity index (χ3v) is 9.23. The molecule has 4 aromatic carbocycles. The fraction of sp³-hybridized carbons (Fsp3) is 0. The summed E-state index contributed by atoms with van der Waals surface area (Å²) in [7, 11) is 0. The number of imidazole rings is 2. The molecule has 10 rings (SSSR count). The van der Waals surface area contributed by atoms with E-state index in [1.165, 1.54) is 0 Å². The fourth-order valence-corrected chi connectivity index (χ4v) is 6.69. The van der Waals surface area contributed by atoms with E-state index in [-0.39, 0.29) is 0 Å². The Labute approximate surface area is 321 Å². The van der Waals surface area contributed by atoms with Gasteiger partial charge in [-0.1, -0.05) is 72.8 Å². The van der Waals surface area contributed by atoms with Crippen LogP contribution in [0.4, 0.5) is 0 Å². The Hall–Kier alpha value is -7.98. The van der Waals surface area contributed by atoms with Crippen LogP contribution in [0, 0.1) is 12.7 Å². The molecule has 0 saturated heterocycles. The summed E-state index contributed by atoms with van der Waals surface area (Å²) >= 11 is 0. The molecule has 266 valence electrons. The Balaban J connectivity index is 0.901. The molecule has 0 fully saturated rings. The standard InChI is InChI=1S/C46H30N8O2/c1-3-17-43-41(15-1)51(31-53(43)45-19-5-7-23-49-45)33-11-9-13-35(27-33)55-37-21-25-47-39(29-37)40-30-38(22-26-48-40)56-36-14-10-12-34(28-36)52-32-54(46-20-6-8-24-50-46)44-18-4-2-16-42(44)52/h1-30H. The fourth-order valence-electron chi connectivity index (χ4n) is 6.69. The predicted molar refractivity (Wildman–Crippen MR) is 210 cm³/mol. The van der Waals surface area contributed by atoms with Crippen LogP contribution in [0.15, 0.2) is 183 Å². The molecule has 10 nitrogen and oxygen atoms in total. The maximum absolute atomic E-state index is 6.39. The zero-order valence-corrected chi connectivity index (χ0v) is 29.7. The van der Waals surface area contributed by atoms with Crippen molar-refractivity contribution in [2.45, 2.75) is 0 Å². The number of hydrogen-bond donors (Lipinski definition) is 0. The number of ether oxygens (including phenoxy) is 2. The van der Waals surface area contributed by atoms with Gasteiger partial charge in [-0.2, -0.15) is 0 Å². The highest BCUT2D eigenvalue weighted by Crippen LogP contribution is 2.30. The van der Waals surface area contributed by atoms with Crippen LogP contribution in [-0.4, -0.2) is 29.1 Å². The van der Waals surface area contributed by atoms with Gasteiger partial charge in [-0.25, -0.2) is 0 Å². The maximum Gasteiger partial charge on any atom is 0.271 e. The van der Waals surface area contributed by atoms with E-state index in [1.54, 1.807) is 24.8 Å². The molecular formula is C46H30N8O2. The zero-order chi connectivity index (χ0) is 37.3. The van der Waals surface area contributed by atoms with Gasteiger partial charge in [0.25, 0.3) is 12.7 Å². The van der Waals surface area contributed by atoms with Crippen molar-refractivity contribution in [3.05, 3.63) is 195 Å². The van der Waals surface area contributed by atoms with Crippen LogP contribution in [0.2, 0.25) is 0 Å². The second-order valence-electron chi connectivity index (χ2n) is 12.8. The lowest BCUT2D eigenvalue weighted by atomic mass is 10.2. The van der Waals surface area contributed by atoms with Gasteiger partial charge in [0.1, 0.15) is 23.0 Å². The lowest BCUT2D eigenvalue weighted by molar-refractivity contribution is -0.572. The van der Waals surface area contributed by atoms with Crippen molar-refractivity contribution in [2.75, 3.05) is 0 Å². The molecule has 0 atom stereocenters. The minimum Gasteiger partial charge on any atom is -0.458 e. The Kier molecular flexibility index (Phi) is 8.23. The van der Waals surface area contributed by atoms with Crippen LogP contribution in [0.25, 0.3) is 56.5 Å². The summed E-state index contributed by atoms with van der Waals surface area (Å²) in [6.45, 7) is 0. The Morgan fingerprint density at radius 2 is 0.839 bits per heavy atom. The van der Waals surface area contributed by atoms with Gasteiger partial charge in [0.05, 0.1) is 44.8 Å². The maximum atomic E-state index is 6.39. The van der Waals surface area contributed by atoms with Gasteiger partial charge in [-0.15, -0.1) is 0 Å². The van der Waals surface area contributed by atoms with Crippen molar-refractivity contribution >= 4 is 22.1 Å². The lowest BCUT2D eigenvalue weighted by Gasteiger charge is -2.11. The number of aromatic nitrogens is 8. The van der Waals surface area contributed by atoms with Gasteiger partial charge in [0, 0.05) is 36.9 Å². The van der Waals surface area contributed by atoms with Crippen molar-refractivity contribution in [1.82, 2.24) is 29.1 Å². The highest BCUT2D eigenvalue weighted by Gasteiger charge is 2.15. The minimum absolute atomic E-state index is 0.621. The van der Waals surface area contributed by atoms with E-state index < -0.39 is 0 Å². The molecule has 6 aromatic heterocycles. The average molecular weight is 727 g/mol. The number of pyridine rings is 4. The third kappa shape index (κ3) is 6.26. The van der Waals surface area contributed by atoms with Crippen LogP contribution in [0.5, 0.6) is 23.0 Å². The third-order valence-electron chi connectivity index (χ3n) is 9.23. The molecule has 0 aliphatic rings. The minimum atomic E-state index is 0.621. The second-order valence-corrected chi connectivity index (χ2v) is 12.8. The molecule has 0 N–H and O–H groups in total. The highest BCUT2D eigenvalue weighted by molar-refractivity contribution is 5.75. The van der Waals surface area contributed by atoms with E-state index in [2.05, 4.69) is 56.9 Å². The summed E-state index contributed by atoms with van der Waals surface area (Å²) in [5.74, 6) is 4.15. The van der Waals surface area contributed by atoms with Gasteiger partial charge in [-0.3, -0.25) is 38.2 Å². The molecule has 0 spiro atoms. The van der Waals surface area contributed by atoms with Crippen molar-refractivity contribution < 1.29 is 18.6 Å². The smallest absolute Gasteiger partial charge is 0.271 e. The van der Waals surface area contributed by atoms with Crippen molar-refractivity contribution in [3.8, 4) is 57.4 Å². The second kappa shape index (κ2) is 14.1. The quantitative estimate of drug-likeness (QED) is 0.109. The van der Waals surface area contributed by atoms with Crippen LogP contribution < -0.4 is 18.6 Å². The Bertz CT molecular complexity index is 2790. The molecule has 0 amide bonds. The van der Waals surface area contributed by atoms with E-state index in [4.69, 9.17) is 9.47 Å². The van der Waals surface area contributed by atoms with Crippen LogP contribution in [-0.2, 0) is 0 Å². The van der Waals surface area contributed by atoms with Gasteiger partial charge in [0.2, 0.25) is 0 Å². The molecule has 0 saturated carbocycles. The molecular weight excluding hydrogens is 697 g/mol. The Morgan fingerprint density at radius 1 is 0.393 bits per heavy atom. The summed E-state index contributed by atoms with van der Waals surface area (Å²) in [6, 6.07) is 51.2. The van der Waals surface area contributed by atoms with Gasteiger partial charge >= 0.3 is 0 Å². The van der Waals surface area contributed by atoms with E-state index >= 15 is 0 Å². The molecule has 0 aliphatic carbocycles. The number of para-hydroxylation sites is 4. The number of rotatable bonds is 9. The van der Waals surface area contributed by atoms with Crippen LogP contribution in [0.3, 0.4) is 0 Å². The SMILES string of the molecule is [c-]1n(-c2ccccn2)c2ccccc2[n+]1-c1cccc(Oc2ccnc(-c3cc(Oc4cccc(-[n+]5[c-]n(-c6ccccn6)c6ccccc65)c4)ccn3)c2)c1. The van der Waals surface area contributed by atoms with E-state index in [9.17, 15) is 0 Å². The first kappa shape index (κ1) is 32.7. The summed E-state index contributed by atoms with van der Waals surface area (Å²) in [5.41, 5.74) is 7.05. The summed E-state index contributed by atoms with van der Waals surface area (Å²) in [5, 5.41) is 0. The van der Waals surface area contributed by atoms with Gasteiger partial charge < -0.3 is 9.47 Å². The topological polar surface area (TPSA) is 87.6 Å². The highest BCUT2D eigenvalue weighted by atomic mass is 16.5. The lowest BCUT2D eigenvalue weighted by Crippen LogP contribution is -2.29. The molecule has 6 heterocycles. The zero-order valence-electron chi connectivity index (χ0n) is 29.7. The predicted octanol–water partition coefficient (Wildman–Crippen LogP) is 8.56. The first-order valence-corrected chi connectivity index (χ1v) is 18.0. The number of nitrogens with zero attached hydrogens (tertiary/aromatic N) is 8. The van der Waals surface area contributed by atoms with Gasteiger partial charge in [0.15, 0.2) is 11.6 Å². The van der Waals surface area contributed by atoms with E-state index in [0.717, 1.165) is 45.1 Å². The molecule has 0 radical (unpaired) electrons. The molecule has 0 aliphatic heterocycles. The summed E-state index contributed by atoms with van der Waals surface area (Å²) in [4.78, 5) is 18.3. The molecule has 56 heavy (non-hydrogen) atoms. The first-order valence-electron chi connectivity index (χ1n) is 18.0. The van der Waals surface area contributed by atoms with Crippen molar-refractivity contribution in [3.63, 3.8) is 0 Å². The summed E-state index contributed by atoms with van der Waals surface area (Å²) < 4.78 is 20.7. The van der Waals surface area contributed by atoms with Crippen molar-refractivity contribution in [2.24, 2.45) is 0 Å². The first-order chi connectivity index (χ1) is 27.7. The molecule has 10 heteroatoms. The molecule has 10 aromatic rings. The van der Waals surface area contributed by atoms with Crippen LogP contribution >= 0.6 is 0 Å². The average Bonchev–Trinajstić information content (AvgIpc) is 3.85. The summed E-state index contributed by atoms with van der Waals surface area (Å²) in [6.07, 6.45) is 13.9. The van der Waals surface area contributed by atoms with E-state index in [1.807, 2.05) is 152 Å². The van der Waals surface area contributed by atoms with E-state index in [0.29, 0.717) is 34.4 Å². The number of fused-ring (bicyclic) bond motifs is 2. The van der Waals surface area contributed by atoms with Crippen molar-refractivity contribution in [1.29, 1.82) is 0 Å². The Morgan fingerprint density at radius 3 is 1.30 bits per heavy atom. The largest absolute Gasteiger partial charge is 0.458 e. The normalized spacial score (nSPS) is 11.2. The number of benzene rings is 4. The molecule has 0 unspecified atom stereocenters. The molecule has 0 bridgehead atoms. The number of hydrogen-bond acceptors (Lipinski definition) is 6. The van der Waals surface area contributed by atoms with Gasteiger partial charge in [-0.05, 0) is 72.8 Å².